The lowest BCUT2D eigenvalue weighted by Crippen LogP contribution is -2.13. The minimum Gasteiger partial charge on any atom is -0.298 e. The number of aryl methyl sites for hydroxylation is 2. The molecule has 0 saturated carbocycles. The summed E-state index contributed by atoms with van der Waals surface area (Å²) >= 11 is 1.47. The van der Waals surface area contributed by atoms with E-state index in [2.05, 4.69) is 22.4 Å². The van der Waals surface area contributed by atoms with Crippen LogP contribution < -0.4 is 5.32 Å². The average Bonchev–Trinajstić information content (AvgIpc) is 3.11. The Bertz CT molecular complexity index is 1130. The highest BCUT2D eigenvalue weighted by Gasteiger charge is 2.22. The number of fused-ring (bicyclic) bond motifs is 3. The first kappa shape index (κ1) is 17.9. The van der Waals surface area contributed by atoms with Crippen molar-refractivity contribution in [1.29, 1.82) is 0 Å². The zero-order chi connectivity index (χ0) is 19.0. The van der Waals surface area contributed by atoms with Crippen LogP contribution in [-0.2, 0) is 22.7 Å². The largest absolute Gasteiger partial charge is 0.298 e. The third-order valence-corrected chi connectivity index (χ3v) is 7.41. The summed E-state index contributed by atoms with van der Waals surface area (Å²) in [7, 11) is -3.36. The minimum absolute atomic E-state index is 0.00329. The Kier molecular flexibility index (Phi) is 4.57. The fraction of sp³-hybridized carbons (Fsp3) is 0.200. The fourth-order valence-electron chi connectivity index (χ4n) is 3.17. The van der Waals surface area contributed by atoms with E-state index in [-0.39, 0.29) is 16.6 Å². The van der Waals surface area contributed by atoms with Crippen LogP contribution in [0.2, 0.25) is 0 Å². The van der Waals surface area contributed by atoms with Gasteiger partial charge in [0, 0.05) is 16.0 Å². The van der Waals surface area contributed by atoms with E-state index >= 15 is 0 Å². The zero-order valence-electron chi connectivity index (χ0n) is 14.7. The topological polar surface area (TPSA) is 76.1 Å². The standard InChI is InChI=1S/C20H18N2O3S2/c1-2-27(24,25)15-8-5-7-14(12-15)19(23)22-20-21-18-16-9-4-3-6-13(16)10-11-17(18)26-20/h3-9,12H,2,10-11H2,1H3,(H,21,22,23). The highest BCUT2D eigenvalue weighted by molar-refractivity contribution is 7.91. The van der Waals surface area contributed by atoms with Crippen LogP contribution in [-0.4, -0.2) is 25.1 Å². The fourth-order valence-corrected chi connectivity index (χ4v) is 5.07. The van der Waals surface area contributed by atoms with E-state index in [1.807, 2.05) is 12.1 Å². The lowest BCUT2D eigenvalue weighted by Gasteiger charge is -2.13. The second kappa shape index (κ2) is 6.90. The maximum absolute atomic E-state index is 12.6. The number of rotatable bonds is 4. The molecule has 1 aliphatic rings. The van der Waals surface area contributed by atoms with Crippen molar-refractivity contribution >= 4 is 32.2 Å². The van der Waals surface area contributed by atoms with Gasteiger partial charge in [-0.2, -0.15) is 0 Å². The predicted molar refractivity (Wildman–Crippen MR) is 107 cm³/mol. The van der Waals surface area contributed by atoms with Crippen LogP contribution >= 0.6 is 11.3 Å². The molecule has 0 bridgehead atoms. The molecule has 3 aromatic rings. The highest BCUT2D eigenvalue weighted by atomic mass is 32.2. The lowest BCUT2D eigenvalue weighted by atomic mass is 9.94. The maximum Gasteiger partial charge on any atom is 0.257 e. The van der Waals surface area contributed by atoms with Crippen LogP contribution in [0.1, 0.15) is 27.7 Å². The Morgan fingerprint density at radius 2 is 1.96 bits per heavy atom. The first-order chi connectivity index (χ1) is 13.0. The van der Waals surface area contributed by atoms with Crippen LogP contribution in [0, 0.1) is 0 Å². The third kappa shape index (κ3) is 3.40. The Balaban J connectivity index is 1.61. The first-order valence-electron chi connectivity index (χ1n) is 8.70. The quantitative estimate of drug-likeness (QED) is 0.722. The SMILES string of the molecule is CCS(=O)(=O)c1cccc(C(=O)Nc2nc3c(s2)CCc2ccccc2-3)c1. The van der Waals surface area contributed by atoms with Gasteiger partial charge in [-0.25, -0.2) is 13.4 Å². The van der Waals surface area contributed by atoms with Crippen molar-refractivity contribution in [2.75, 3.05) is 11.1 Å². The van der Waals surface area contributed by atoms with Gasteiger partial charge in [0.15, 0.2) is 15.0 Å². The lowest BCUT2D eigenvalue weighted by molar-refractivity contribution is 0.102. The van der Waals surface area contributed by atoms with E-state index in [0.717, 1.165) is 29.0 Å². The number of carbonyl (C=O) groups is 1. The number of aromatic nitrogens is 1. The molecule has 2 aromatic carbocycles. The molecule has 5 nitrogen and oxygen atoms in total. The summed E-state index contributed by atoms with van der Waals surface area (Å²) in [6.07, 6.45) is 1.87. The Morgan fingerprint density at radius 3 is 2.78 bits per heavy atom. The van der Waals surface area contributed by atoms with Gasteiger partial charge in [0.2, 0.25) is 0 Å². The number of hydrogen-bond donors (Lipinski definition) is 1. The molecule has 1 N–H and O–H groups in total. The molecule has 1 amide bonds. The maximum atomic E-state index is 12.6. The van der Waals surface area contributed by atoms with Gasteiger partial charge in [-0.1, -0.05) is 37.3 Å². The van der Waals surface area contributed by atoms with Gasteiger partial charge in [0.05, 0.1) is 16.3 Å². The summed E-state index contributed by atoms with van der Waals surface area (Å²) in [4.78, 5) is 18.5. The van der Waals surface area contributed by atoms with Gasteiger partial charge < -0.3 is 0 Å². The molecule has 0 aliphatic heterocycles. The molecule has 7 heteroatoms. The van der Waals surface area contributed by atoms with Gasteiger partial charge in [0.1, 0.15) is 0 Å². The van der Waals surface area contributed by atoms with E-state index in [1.54, 1.807) is 19.1 Å². The van der Waals surface area contributed by atoms with Crippen LogP contribution in [0.5, 0.6) is 0 Å². The summed E-state index contributed by atoms with van der Waals surface area (Å²) in [5, 5.41) is 3.35. The Labute approximate surface area is 162 Å². The highest BCUT2D eigenvalue weighted by Crippen LogP contribution is 2.38. The number of benzene rings is 2. The smallest absolute Gasteiger partial charge is 0.257 e. The molecular weight excluding hydrogens is 380 g/mol. The monoisotopic (exact) mass is 398 g/mol. The van der Waals surface area contributed by atoms with Gasteiger partial charge in [-0.3, -0.25) is 10.1 Å². The summed E-state index contributed by atoms with van der Waals surface area (Å²) < 4.78 is 24.1. The van der Waals surface area contributed by atoms with Crippen LogP contribution in [0.3, 0.4) is 0 Å². The second-order valence-corrected chi connectivity index (χ2v) is 9.70. The van der Waals surface area contributed by atoms with E-state index in [9.17, 15) is 13.2 Å². The number of thiazole rings is 1. The molecule has 27 heavy (non-hydrogen) atoms. The molecule has 4 rings (SSSR count). The van der Waals surface area contributed by atoms with Crippen LogP contribution in [0.15, 0.2) is 53.4 Å². The summed E-state index contributed by atoms with van der Waals surface area (Å²) in [6, 6.07) is 14.3. The number of carbonyl (C=O) groups excluding carboxylic acids is 1. The van der Waals surface area contributed by atoms with Gasteiger partial charge in [-0.05, 0) is 36.6 Å². The van der Waals surface area contributed by atoms with Gasteiger partial charge in [0.25, 0.3) is 5.91 Å². The van der Waals surface area contributed by atoms with Crippen molar-refractivity contribution < 1.29 is 13.2 Å². The summed E-state index contributed by atoms with van der Waals surface area (Å²) in [5.74, 6) is -0.362. The predicted octanol–water partition coefficient (Wildman–Crippen LogP) is 3.95. The zero-order valence-corrected chi connectivity index (χ0v) is 16.4. The van der Waals surface area contributed by atoms with Gasteiger partial charge in [-0.15, -0.1) is 11.3 Å². The molecular formula is C20H18N2O3S2. The van der Waals surface area contributed by atoms with Crippen molar-refractivity contribution in [1.82, 2.24) is 4.98 Å². The Hall–Kier alpha value is -2.51. The van der Waals surface area contributed by atoms with E-state index < -0.39 is 9.84 Å². The molecule has 0 spiro atoms. The van der Waals surface area contributed by atoms with Crippen molar-refractivity contribution in [2.24, 2.45) is 0 Å². The van der Waals surface area contributed by atoms with E-state index in [4.69, 9.17) is 0 Å². The van der Waals surface area contributed by atoms with Gasteiger partial charge >= 0.3 is 0 Å². The number of sulfone groups is 1. The molecule has 1 aliphatic carbocycles. The van der Waals surface area contributed by atoms with E-state index in [0.29, 0.717) is 10.7 Å². The molecule has 0 unspecified atom stereocenters. The van der Waals surface area contributed by atoms with Crippen molar-refractivity contribution in [2.45, 2.75) is 24.7 Å². The number of hydrogen-bond acceptors (Lipinski definition) is 5. The number of amides is 1. The third-order valence-electron chi connectivity index (χ3n) is 4.65. The number of anilines is 1. The average molecular weight is 399 g/mol. The van der Waals surface area contributed by atoms with Crippen molar-refractivity contribution in [3.05, 3.63) is 64.5 Å². The molecule has 138 valence electrons. The van der Waals surface area contributed by atoms with Crippen molar-refractivity contribution in [3.8, 4) is 11.3 Å². The van der Waals surface area contributed by atoms with Crippen molar-refractivity contribution in [3.63, 3.8) is 0 Å². The molecule has 0 atom stereocenters. The first-order valence-corrected chi connectivity index (χ1v) is 11.2. The molecule has 1 aromatic heterocycles. The minimum atomic E-state index is -3.36. The number of nitrogens with one attached hydrogen (secondary N) is 1. The van der Waals surface area contributed by atoms with E-state index in [1.165, 1.54) is 29.0 Å². The van der Waals surface area contributed by atoms with Crippen LogP contribution in [0.25, 0.3) is 11.3 Å². The number of nitrogens with zero attached hydrogens (tertiary/aromatic N) is 1. The second-order valence-electron chi connectivity index (χ2n) is 6.33. The Morgan fingerprint density at radius 1 is 1.15 bits per heavy atom. The van der Waals surface area contributed by atoms with Crippen LogP contribution in [0.4, 0.5) is 5.13 Å². The molecule has 0 radical (unpaired) electrons. The summed E-state index contributed by atoms with van der Waals surface area (Å²) in [5.41, 5.74) is 3.62. The molecule has 0 fully saturated rings. The summed E-state index contributed by atoms with van der Waals surface area (Å²) in [6.45, 7) is 1.58. The normalized spacial score (nSPS) is 12.9. The molecule has 0 saturated heterocycles. The molecule has 1 heterocycles.